The summed E-state index contributed by atoms with van der Waals surface area (Å²) in [5.41, 5.74) is 0.811. The lowest BCUT2D eigenvalue weighted by Crippen LogP contribution is -2.01. The molecule has 2 aromatic rings. The molecule has 0 atom stereocenters. The molecule has 1 aromatic carbocycles. The first-order valence-electron chi connectivity index (χ1n) is 4.82. The molecule has 0 spiro atoms. The second-order valence-electron chi connectivity index (χ2n) is 3.30. The van der Waals surface area contributed by atoms with Crippen molar-refractivity contribution < 1.29 is 14.3 Å². The Kier molecular flexibility index (Phi) is 3.43. The summed E-state index contributed by atoms with van der Waals surface area (Å²) in [7, 11) is 0. The Morgan fingerprint density at radius 3 is 3.00 bits per heavy atom. The molecule has 1 aromatic heterocycles. The van der Waals surface area contributed by atoms with Crippen LogP contribution in [0.3, 0.4) is 0 Å². The zero-order valence-corrected chi connectivity index (χ0v) is 10.3. The number of carboxylic acid groups (broad SMARTS) is 1. The van der Waals surface area contributed by atoms with Crippen molar-refractivity contribution in [2.75, 3.05) is 5.32 Å². The van der Waals surface area contributed by atoms with Crippen LogP contribution in [0.15, 0.2) is 39.4 Å². The van der Waals surface area contributed by atoms with Gasteiger partial charge in [0.25, 0.3) is 0 Å². The number of nitrogens with one attached hydrogen (secondary N) is 1. The van der Waals surface area contributed by atoms with Crippen molar-refractivity contribution in [3.05, 3.63) is 46.6 Å². The molecule has 0 aliphatic carbocycles. The van der Waals surface area contributed by atoms with E-state index in [-0.39, 0.29) is 5.69 Å². The average molecular weight is 297 g/mol. The van der Waals surface area contributed by atoms with Crippen molar-refractivity contribution in [3.8, 4) is 0 Å². The van der Waals surface area contributed by atoms with E-state index in [1.807, 2.05) is 24.3 Å². The number of hydrogen-bond acceptors (Lipinski definition) is 4. The first-order valence-corrected chi connectivity index (χ1v) is 5.61. The molecule has 0 bridgehead atoms. The van der Waals surface area contributed by atoms with Crippen LogP contribution >= 0.6 is 15.9 Å². The molecule has 2 N–H and O–H groups in total. The zero-order chi connectivity index (χ0) is 12.3. The normalized spacial score (nSPS) is 10.2. The number of carboxylic acids is 1. The van der Waals surface area contributed by atoms with Gasteiger partial charge in [0.2, 0.25) is 5.89 Å². The molecule has 0 saturated carbocycles. The molecule has 1 heterocycles. The van der Waals surface area contributed by atoms with E-state index in [0.29, 0.717) is 12.4 Å². The summed E-state index contributed by atoms with van der Waals surface area (Å²) >= 11 is 3.35. The molecule has 5 nitrogen and oxygen atoms in total. The molecule has 0 amide bonds. The Hall–Kier alpha value is -1.82. The lowest BCUT2D eigenvalue weighted by atomic mass is 10.3. The number of benzene rings is 1. The van der Waals surface area contributed by atoms with Crippen LogP contribution in [0.1, 0.15) is 16.4 Å². The highest BCUT2D eigenvalue weighted by Crippen LogP contribution is 2.16. The summed E-state index contributed by atoms with van der Waals surface area (Å²) in [6, 6.07) is 7.61. The number of hydrogen-bond donors (Lipinski definition) is 2. The van der Waals surface area contributed by atoms with Gasteiger partial charge in [-0.25, -0.2) is 9.78 Å². The predicted octanol–water partition coefficient (Wildman–Crippen LogP) is 2.75. The van der Waals surface area contributed by atoms with E-state index in [4.69, 9.17) is 9.52 Å². The molecular weight excluding hydrogens is 288 g/mol. The van der Waals surface area contributed by atoms with E-state index in [9.17, 15) is 4.79 Å². The predicted molar refractivity (Wildman–Crippen MR) is 64.9 cm³/mol. The Morgan fingerprint density at radius 2 is 2.35 bits per heavy atom. The number of nitrogens with zero attached hydrogens (tertiary/aromatic N) is 1. The van der Waals surface area contributed by atoms with Gasteiger partial charge in [0, 0.05) is 10.2 Å². The third-order valence-electron chi connectivity index (χ3n) is 2.04. The Balaban J connectivity index is 2.00. The van der Waals surface area contributed by atoms with Crippen molar-refractivity contribution in [2.45, 2.75) is 6.54 Å². The maximum Gasteiger partial charge on any atom is 0.357 e. The smallest absolute Gasteiger partial charge is 0.357 e. The van der Waals surface area contributed by atoms with Gasteiger partial charge in [0.05, 0.1) is 6.54 Å². The minimum atomic E-state index is -1.09. The van der Waals surface area contributed by atoms with Crippen LogP contribution in [0.2, 0.25) is 0 Å². The van der Waals surface area contributed by atoms with Crippen molar-refractivity contribution in [1.82, 2.24) is 4.98 Å². The zero-order valence-electron chi connectivity index (χ0n) is 8.68. The fourth-order valence-corrected chi connectivity index (χ4v) is 1.67. The lowest BCUT2D eigenvalue weighted by Gasteiger charge is -2.03. The van der Waals surface area contributed by atoms with E-state index in [1.165, 1.54) is 0 Å². The maximum absolute atomic E-state index is 10.6. The third kappa shape index (κ3) is 3.07. The standard InChI is InChI=1S/C11H9BrN2O3/c12-7-2-1-3-8(4-7)13-5-10-14-9(6-17-10)11(15)16/h1-4,6,13H,5H2,(H,15,16). The number of carbonyl (C=O) groups is 1. The topological polar surface area (TPSA) is 75.4 Å². The number of oxazole rings is 1. The molecule has 0 aliphatic rings. The van der Waals surface area contributed by atoms with Gasteiger partial charge in [0.1, 0.15) is 6.26 Å². The molecule has 0 radical (unpaired) electrons. The first-order chi connectivity index (χ1) is 8.15. The highest BCUT2D eigenvalue weighted by Gasteiger charge is 2.09. The lowest BCUT2D eigenvalue weighted by molar-refractivity contribution is 0.0690. The van der Waals surface area contributed by atoms with Crippen molar-refractivity contribution >= 4 is 27.6 Å². The van der Waals surface area contributed by atoms with Crippen molar-refractivity contribution in [3.63, 3.8) is 0 Å². The van der Waals surface area contributed by atoms with E-state index in [0.717, 1.165) is 16.4 Å². The van der Waals surface area contributed by atoms with Gasteiger partial charge in [0.15, 0.2) is 5.69 Å². The van der Waals surface area contributed by atoms with Crippen LogP contribution in [-0.2, 0) is 6.54 Å². The monoisotopic (exact) mass is 296 g/mol. The van der Waals surface area contributed by atoms with Crippen LogP contribution < -0.4 is 5.32 Å². The van der Waals surface area contributed by atoms with E-state index < -0.39 is 5.97 Å². The number of aromatic nitrogens is 1. The third-order valence-corrected chi connectivity index (χ3v) is 2.53. The molecule has 17 heavy (non-hydrogen) atoms. The summed E-state index contributed by atoms with van der Waals surface area (Å²) in [6.45, 7) is 0.337. The van der Waals surface area contributed by atoms with Gasteiger partial charge >= 0.3 is 5.97 Å². The number of halogens is 1. The minimum Gasteiger partial charge on any atom is -0.476 e. The van der Waals surface area contributed by atoms with Gasteiger partial charge < -0.3 is 14.8 Å². The Morgan fingerprint density at radius 1 is 1.53 bits per heavy atom. The van der Waals surface area contributed by atoms with Gasteiger partial charge in [-0.1, -0.05) is 22.0 Å². The van der Waals surface area contributed by atoms with Gasteiger partial charge in [-0.3, -0.25) is 0 Å². The van der Waals surface area contributed by atoms with Crippen LogP contribution in [0.25, 0.3) is 0 Å². The molecule has 88 valence electrons. The number of aromatic carboxylic acids is 1. The van der Waals surface area contributed by atoms with Crippen molar-refractivity contribution in [2.24, 2.45) is 0 Å². The molecular formula is C11H9BrN2O3. The Bertz CT molecular complexity index is 539. The van der Waals surface area contributed by atoms with Crippen LogP contribution in [-0.4, -0.2) is 16.1 Å². The summed E-state index contributed by atoms with van der Waals surface area (Å²) < 4.78 is 5.97. The largest absolute Gasteiger partial charge is 0.476 e. The van der Waals surface area contributed by atoms with Gasteiger partial charge in [-0.15, -0.1) is 0 Å². The SMILES string of the molecule is O=C(O)c1coc(CNc2cccc(Br)c2)n1. The second-order valence-corrected chi connectivity index (χ2v) is 4.21. The summed E-state index contributed by atoms with van der Waals surface area (Å²) in [5, 5.41) is 11.7. The number of anilines is 1. The Labute approximate surface area is 106 Å². The molecule has 0 saturated heterocycles. The minimum absolute atomic E-state index is 0.0870. The van der Waals surface area contributed by atoms with E-state index in [2.05, 4.69) is 26.2 Å². The molecule has 6 heteroatoms. The summed E-state index contributed by atoms with van der Waals surface area (Å²) in [5.74, 6) is -0.759. The van der Waals surface area contributed by atoms with Crippen LogP contribution in [0.5, 0.6) is 0 Å². The van der Waals surface area contributed by atoms with E-state index >= 15 is 0 Å². The molecule has 2 rings (SSSR count). The van der Waals surface area contributed by atoms with Gasteiger partial charge in [-0.2, -0.15) is 0 Å². The average Bonchev–Trinajstić information content (AvgIpc) is 2.75. The maximum atomic E-state index is 10.6. The van der Waals surface area contributed by atoms with Crippen LogP contribution in [0.4, 0.5) is 5.69 Å². The van der Waals surface area contributed by atoms with E-state index in [1.54, 1.807) is 0 Å². The highest BCUT2D eigenvalue weighted by atomic mass is 79.9. The molecule has 0 unspecified atom stereocenters. The quantitative estimate of drug-likeness (QED) is 0.907. The first kappa shape index (κ1) is 11.7. The fraction of sp³-hybridized carbons (Fsp3) is 0.0909. The fourth-order valence-electron chi connectivity index (χ4n) is 1.27. The van der Waals surface area contributed by atoms with Crippen LogP contribution in [0, 0.1) is 0 Å². The molecule has 0 aliphatic heterocycles. The van der Waals surface area contributed by atoms with Crippen molar-refractivity contribution in [1.29, 1.82) is 0 Å². The van der Waals surface area contributed by atoms with Gasteiger partial charge in [-0.05, 0) is 18.2 Å². The summed E-state index contributed by atoms with van der Waals surface area (Å²) in [6.07, 6.45) is 1.13. The number of rotatable bonds is 4. The highest BCUT2D eigenvalue weighted by molar-refractivity contribution is 9.10. The summed E-state index contributed by atoms with van der Waals surface area (Å²) in [4.78, 5) is 14.4. The molecule has 0 fully saturated rings. The second kappa shape index (κ2) is 5.01.